The standard InChI is InChI=1S/C24H29N9O7S3/c1-5-32-16(26)9(2)15(25)30-23(32)43-7-10-6-41-19-13(18(35)33(19)14(10)20(36)37)29-17(34)12(11-8-42-22(27)28-11)31-40-24(3,4)21(38)39/h8,13,19H,5-7H2,1-4H3,(H8,25,26,27,28,29,34,36,37,38,39)/p+1/b31-12-/t13?,19-/m1/s1. The van der Waals surface area contributed by atoms with Gasteiger partial charge in [-0.2, -0.15) is 0 Å². The average Bonchev–Trinajstić information content (AvgIpc) is 3.38. The Balaban J connectivity index is 1.54. The third-order valence-electron chi connectivity index (χ3n) is 6.59. The number of nitrogens with one attached hydrogen (secondary N) is 1. The van der Waals surface area contributed by atoms with Crippen molar-refractivity contribution in [1.29, 1.82) is 0 Å². The lowest BCUT2D eigenvalue weighted by Crippen LogP contribution is -2.71. The minimum absolute atomic E-state index is 0.0156. The SMILES string of the molecule is CC[n+]1c(SCC2=C(C(=O)O)N3C(=O)C(NC(=O)/C(=N\OC(C)(C)C(=O)O)c4csc(N)n4)[C@H]3SC2)nc(N)c(C)c1N. The molecule has 19 heteroatoms. The van der Waals surface area contributed by atoms with Gasteiger partial charge in [0, 0.05) is 16.9 Å². The maximum absolute atomic E-state index is 13.3. The normalized spacial score (nSPS) is 18.7. The Labute approximate surface area is 257 Å². The first-order valence-corrected chi connectivity index (χ1v) is 15.6. The Morgan fingerprint density at radius 3 is 2.56 bits per heavy atom. The van der Waals surface area contributed by atoms with Gasteiger partial charge in [-0.05, 0) is 45.0 Å². The van der Waals surface area contributed by atoms with Gasteiger partial charge in [0.15, 0.2) is 10.8 Å². The van der Waals surface area contributed by atoms with Crippen LogP contribution in [0.5, 0.6) is 0 Å². The van der Waals surface area contributed by atoms with Crippen LogP contribution in [0.15, 0.2) is 27.0 Å². The van der Waals surface area contributed by atoms with Crippen LogP contribution in [-0.2, 0) is 30.6 Å². The van der Waals surface area contributed by atoms with Gasteiger partial charge >= 0.3 is 17.1 Å². The molecule has 2 aromatic rings. The molecule has 4 heterocycles. The first-order chi connectivity index (χ1) is 20.2. The highest BCUT2D eigenvalue weighted by atomic mass is 32.2. The number of nitrogen functional groups attached to an aromatic ring is 3. The average molecular weight is 653 g/mol. The summed E-state index contributed by atoms with van der Waals surface area (Å²) in [7, 11) is 0. The second-order valence-corrected chi connectivity index (χ2v) is 12.8. The second-order valence-electron chi connectivity index (χ2n) is 9.86. The molecule has 0 saturated carbocycles. The summed E-state index contributed by atoms with van der Waals surface area (Å²) in [6.07, 6.45) is 0. The van der Waals surface area contributed by atoms with E-state index in [4.69, 9.17) is 22.0 Å². The van der Waals surface area contributed by atoms with Crippen molar-refractivity contribution in [3.8, 4) is 0 Å². The van der Waals surface area contributed by atoms with Gasteiger partial charge in [0.1, 0.15) is 22.8 Å². The first kappa shape index (κ1) is 31.8. The Hall–Kier alpha value is -4.10. The lowest BCUT2D eigenvalue weighted by atomic mass is 10.0. The number of nitrogens with zero attached hydrogens (tertiary/aromatic N) is 5. The molecule has 43 heavy (non-hydrogen) atoms. The fourth-order valence-corrected chi connectivity index (χ4v) is 7.17. The molecule has 2 atom stereocenters. The highest BCUT2D eigenvalue weighted by Gasteiger charge is 2.54. The zero-order valence-corrected chi connectivity index (χ0v) is 25.9. The number of aliphatic carboxylic acids is 2. The maximum Gasteiger partial charge on any atom is 0.352 e. The van der Waals surface area contributed by atoms with Crippen LogP contribution in [0.1, 0.15) is 32.0 Å². The molecular weight excluding hydrogens is 623 g/mol. The molecule has 2 aliphatic rings. The minimum Gasteiger partial charge on any atom is -0.478 e. The van der Waals surface area contributed by atoms with Gasteiger partial charge in [-0.15, -0.1) is 23.1 Å². The number of fused-ring (bicyclic) bond motifs is 1. The van der Waals surface area contributed by atoms with E-state index in [9.17, 15) is 29.4 Å². The molecular formula is C24H30N9O7S3+. The summed E-state index contributed by atoms with van der Waals surface area (Å²) in [5, 5.41) is 27.0. The van der Waals surface area contributed by atoms with E-state index in [-0.39, 0.29) is 33.8 Å². The molecule has 230 valence electrons. The van der Waals surface area contributed by atoms with Gasteiger partial charge in [-0.3, -0.25) is 14.5 Å². The summed E-state index contributed by atoms with van der Waals surface area (Å²) in [6.45, 7) is 6.66. The van der Waals surface area contributed by atoms with E-state index in [0.717, 1.165) is 16.2 Å². The number of hydrogen-bond acceptors (Lipinski definition) is 14. The highest BCUT2D eigenvalue weighted by Crippen LogP contribution is 2.41. The summed E-state index contributed by atoms with van der Waals surface area (Å²) in [5.74, 6) is -2.94. The van der Waals surface area contributed by atoms with Crippen molar-refractivity contribution in [3.05, 3.63) is 27.9 Å². The molecule has 16 nitrogen and oxygen atoms in total. The fourth-order valence-electron chi connectivity index (χ4n) is 4.06. The van der Waals surface area contributed by atoms with E-state index in [1.54, 1.807) is 11.5 Å². The van der Waals surface area contributed by atoms with Crippen LogP contribution in [0.3, 0.4) is 0 Å². The number of oxime groups is 1. The van der Waals surface area contributed by atoms with Gasteiger partial charge in [-0.1, -0.05) is 10.1 Å². The fraction of sp³-hybridized carbons (Fsp3) is 0.417. The van der Waals surface area contributed by atoms with Crippen LogP contribution in [0, 0.1) is 6.92 Å². The number of carboxylic acids is 2. The van der Waals surface area contributed by atoms with Gasteiger partial charge in [0.05, 0.1) is 12.1 Å². The molecule has 1 unspecified atom stereocenters. The molecule has 0 spiro atoms. The number of hydrogen-bond donors (Lipinski definition) is 6. The van der Waals surface area contributed by atoms with Gasteiger partial charge in [0.2, 0.25) is 17.2 Å². The van der Waals surface area contributed by atoms with Crippen molar-refractivity contribution in [2.45, 2.75) is 56.4 Å². The summed E-state index contributed by atoms with van der Waals surface area (Å²) in [4.78, 5) is 64.9. The van der Waals surface area contributed by atoms with Crippen molar-refractivity contribution in [3.63, 3.8) is 0 Å². The van der Waals surface area contributed by atoms with Crippen LogP contribution >= 0.6 is 34.9 Å². The van der Waals surface area contributed by atoms with Crippen molar-refractivity contribution < 1.29 is 38.8 Å². The number of aromatic nitrogens is 3. The third kappa shape index (κ3) is 6.18. The molecule has 2 amide bonds. The Morgan fingerprint density at radius 1 is 1.28 bits per heavy atom. The maximum atomic E-state index is 13.3. The molecule has 1 fully saturated rings. The topological polar surface area (TPSA) is 253 Å². The molecule has 4 rings (SSSR count). The number of amides is 2. The summed E-state index contributed by atoms with van der Waals surface area (Å²) in [6, 6.07) is -1.09. The lowest BCUT2D eigenvalue weighted by molar-refractivity contribution is -0.720. The summed E-state index contributed by atoms with van der Waals surface area (Å²) in [5.41, 5.74) is 16.7. The monoisotopic (exact) mass is 652 g/mol. The molecule has 1 saturated heterocycles. The van der Waals surface area contributed by atoms with Crippen molar-refractivity contribution in [1.82, 2.24) is 20.2 Å². The number of β-lactam (4-membered cyclic amide) rings is 1. The number of rotatable bonds is 11. The number of carboxylic acid groups (broad SMARTS) is 2. The smallest absolute Gasteiger partial charge is 0.352 e. The number of carbonyl (C=O) groups is 4. The molecule has 2 aromatic heterocycles. The third-order valence-corrected chi connectivity index (χ3v) is 9.67. The largest absolute Gasteiger partial charge is 0.478 e. The molecule has 0 aromatic carbocycles. The van der Waals surface area contributed by atoms with E-state index in [2.05, 4.69) is 20.4 Å². The number of anilines is 3. The molecule has 2 aliphatic heterocycles. The van der Waals surface area contributed by atoms with Gasteiger partial charge in [0.25, 0.3) is 11.8 Å². The van der Waals surface area contributed by atoms with Crippen LogP contribution in [0.2, 0.25) is 0 Å². The zero-order valence-electron chi connectivity index (χ0n) is 23.5. The van der Waals surface area contributed by atoms with Gasteiger partial charge < -0.3 is 37.6 Å². The van der Waals surface area contributed by atoms with Crippen molar-refractivity contribution in [2.75, 3.05) is 28.7 Å². The van der Waals surface area contributed by atoms with Crippen molar-refractivity contribution in [2.24, 2.45) is 5.16 Å². The lowest BCUT2D eigenvalue weighted by Gasteiger charge is -2.49. The minimum atomic E-state index is -1.77. The quantitative estimate of drug-likeness (QED) is 0.0467. The van der Waals surface area contributed by atoms with E-state index < -0.39 is 46.5 Å². The predicted molar refractivity (Wildman–Crippen MR) is 160 cm³/mol. The number of thioether (sulfide) groups is 2. The number of carbonyl (C=O) groups excluding carboxylic acids is 2. The highest BCUT2D eigenvalue weighted by molar-refractivity contribution is 8.01. The van der Waals surface area contributed by atoms with Gasteiger partial charge in [-0.25, -0.2) is 19.1 Å². The van der Waals surface area contributed by atoms with Crippen LogP contribution < -0.4 is 27.1 Å². The molecule has 0 aliphatic carbocycles. The summed E-state index contributed by atoms with van der Waals surface area (Å²) >= 11 is 3.55. The Kier molecular flexibility index (Phi) is 9.07. The van der Waals surface area contributed by atoms with E-state index >= 15 is 0 Å². The second kappa shape index (κ2) is 12.3. The Bertz CT molecular complexity index is 1570. The Morgan fingerprint density at radius 2 is 1.98 bits per heavy atom. The van der Waals surface area contributed by atoms with Crippen LogP contribution in [-0.4, -0.2) is 83.1 Å². The first-order valence-electron chi connectivity index (χ1n) is 12.7. The zero-order chi connectivity index (χ0) is 31.8. The van der Waals surface area contributed by atoms with E-state index in [1.807, 2.05) is 6.92 Å². The van der Waals surface area contributed by atoms with Crippen molar-refractivity contribution >= 4 is 81.1 Å². The number of nitrogens with two attached hydrogens (primary N) is 3. The summed E-state index contributed by atoms with van der Waals surface area (Å²) < 4.78 is 1.77. The van der Waals surface area contributed by atoms with E-state index in [0.29, 0.717) is 28.7 Å². The van der Waals surface area contributed by atoms with Crippen LogP contribution in [0.4, 0.5) is 16.8 Å². The molecule has 9 N–H and O–H groups in total. The predicted octanol–water partition coefficient (Wildman–Crippen LogP) is 0.0153. The van der Waals surface area contributed by atoms with E-state index in [1.165, 1.54) is 42.8 Å². The molecule has 0 radical (unpaired) electrons. The molecule has 0 bridgehead atoms. The number of thiazole rings is 1. The van der Waals surface area contributed by atoms with Crippen LogP contribution in [0.25, 0.3) is 0 Å².